The summed E-state index contributed by atoms with van der Waals surface area (Å²) in [4.78, 5) is 15.9. The third kappa shape index (κ3) is 3.37. The molecular formula is C17H21N3O4S. The molecule has 1 aliphatic heterocycles. The van der Waals surface area contributed by atoms with Crippen LogP contribution in [0.25, 0.3) is 10.8 Å². The van der Waals surface area contributed by atoms with Crippen molar-refractivity contribution < 1.29 is 18.3 Å². The fourth-order valence-corrected chi connectivity index (χ4v) is 4.76. The number of aryl methyl sites for hydroxylation is 1. The zero-order chi connectivity index (χ0) is 18.2. The van der Waals surface area contributed by atoms with E-state index in [1.165, 1.54) is 11.2 Å². The Balaban J connectivity index is 1.89. The Morgan fingerprint density at radius 3 is 2.84 bits per heavy atom. The molecule has 1 amide bonds. The second-order valence-corrected chi connectivity index (χ2v) is 8.25. The minimum atomic E-state index is -3.69. The highest BCUT2D eigenvalue weighted by atomic mass is 32.2. The minimum absolute atomic E-state index is 0.191. The van der Waals surface area contributed by atoms with Crippen LogP contribution in [-0.4, -0.2) is 54.0 Å². The number of nitrogens with one attached hydrogen (secondary N) is 1. The van der Waals surface area contributed by atoms with Crippen LogP contribution in [0.5, 0.6) is 0 Å². The first kappa shape index (κ1) is 17.8. The number of carbonyl (C=O) groups excluding carboxylic acids is 1. The van der Waals surface area contributed by atoms with Gasteiger partial charge in [0.2, 0.25) is 15.9 Å². The fourth-order valence-electron chi connectivity index (χ4n) is 3.06. The van der Waals surface area contributed by atoms with Crippen LogP contribution in [0.3, 0.4) is 0 Å². The fraction of sp³-hybridized carbons (Fsp3) is 0.412. The van der Waals surface area contributed by atoms with E-state index in [1.807, 2.05) is 13.0 Å². The zero-order valence-corrected chi connectivity index (χ0v) is 15.0. The maximum atomic E-state index is 13.1. The number of hydrogen-bond donors (Lipinski definition) is 2. The van der Waals surface area contributed by atoms with E-state index in [9.17, 15) is 18.3 Å². The molecule has 1 aliphatic rings. The maximum Gasteiger partial charge on any atom is 0.248 e. The molecule has 2 atom stereocenters. The molecule has 1 aromatic heterocycles. The van der Waals surface area contributed by atoms with Gasteiger partial charge in [0.25, 0.3) is 0 Å². The number of amides is 1. The summed E-state index contributed by atoms with van der Waals surface area (Å²) in [6.07, 6.45) is 2.67. The summed E-state index contributed by atoms with van der Waals surface area (Å²) < 4.78 is 27.5. The third-order valence-corrected chi connectivity index (χ3v) is 6.38. The van der Waals surface area contributed by atoms with Crippen LogP contribution in [0.15, 0.2) is 35.5 Å². The minimum Gasteiger partial charge on any atom is -0.384 e. The topological polar surface area (TPSA) is 99.6 Å². The molecule has 0 unspecified atom stereocenters. The van der Waals surface area contributed by atoms with Crippen LogP contribution in [0.1, 0.15) is 18.9 Å². The number of benzene rings is 1. The molecule has 0 bridgehead atoms. The number of aromatic nitrogens is 1. The van der Waals surface area contributed by atoms with Gasteiger partial charge in [-0.15, -0.1) is 0 Å². The molecular weight excluding hydrogens is 342 g/mol. The number of pyridine rings is 1. The second kappa shape index (κ2) is 6.70. The predicted octanol–water partition coefficient (Wildman–Crippen LogP) is 0.803. The third-order valence-electron chi connectivity index (χ3n) is 4.46. The molecule has 0 spiro atoms. The Bertz CT molecular complexity index is 911. The number of aliphatic hydroxyl groups is 1. The van der Waals surface area contributed by atoms with E-state index in [2.05, 4.69) is 10.3 Å². The lowest BCUT2D eigenvalue weighted by atomic mass is 10.1. The Morgan fingerprint density at radius 1 is 1.36 bits per heavy atom. The lowest BCUT2D eigenvalue weighted by molar-refractivity contribution is -0.129. The van der Waals surface area contributed by atoms with Crippen molar-refractivity contribution >= 4 is 26.7 Å². The van der Waals surface area contributed by atoms with Crippen LogP contribution in [0.4, 0.5) is 0 Å². The Labute approximate surface area is 146 Å². The lowest BCUT2D eigenvalue weighted by Crippen LogP contribution is -2.42. The summed E-state index contributed by atoms with van der Waals surface area (Å²) in [6, 6.07) is 4.89. The van der Waals surface area contributed by atoms with Crippen LogP contribution in [-0.2, 0) is 14.8 Å². The highest BCUT2D eigenvalue weighted by molar-refractivity contribution is 7.89. The molecule has 0 saturated carbocycles. The summed E-state index contributed by atoms with van der Waals surface area (Å²) in [6.45, 7) is 3.78. The molecule has 25 heavy (non-hydrogen) atoms. The summed E-state index contributed by atoms with van der Waals surface area (Å²) in [5, 5.41) is 13.4. The largest absolute Gasteiger partial charge is 0.384 e. The maximum absolute atomic E-state index is 13.1. The Kier molecular flexibility index (Phi) is 4.77. The van der Waals surface area contributed by atoms with E-state index in [1.54, 1.807) is 24.5 Å². The van der Waals surface area contributed by atoms with Crippen molar-refractivity contribution in [2.45, 2.75) is 37.3 Å². The molecule has 1 aromatic carbocycles. The second-order valence-electron chi connectivity index (χ2n) is 6.34. The normalized spacial score (nSPS) is 19.9. The predicted molar refractivity (Wildman–Crippen MR) is 93.5 cm³/mol. The number of fused-ring (bicyclic) bond motifs is 1. The SMILES string of the molecule is Cc1cncc2c(S(=O)(=O)N3CC[C@@H](NC(=O)[C@H](C)O)C3)cccc12. The van der Waals surface area contributed by atoms with E-state index >= 15 is 0 Å². The van der Waals surface area contributed by atoms with Crippen LogP contribution in [0.2, 0.25) is 0 Å². The summed E-state index contributed by atoms with van der Waals surface area (Å²) >= 11 is 0. The number of aliphatic hydroxyl groups excluding tert-OH is 1. The molecule has 3 rings (SSSR count). The van der Waals surface area contributed by atoms with E-state index in [4.69, 9.17) is 0 Å². The molecule has 1 fully saturated rings. The van der Waals surface area contributed by atoms with Crippen molar-refractivity contribution in [1.29, 1.82) is 0 Å². The van der Waals surface area contributed by atoms with E-state index in [-0.39, 0.29) is 17.5 Å². The molecule has 1 saturated heterocycles. The van der Waals surface area contributed by atoms with Gasteiger partial charge in [-0.05, 0) is 37.3 Å². The first-order valence-corrected chi connectivity index (χ1v) is 9.56. The first-order valence-electron chi connectivity index (χ1n) is 8.12. The van der Waals surface area contributed by atoms with Crippen molar-refractivity contribution in [3.05, 3.63) is 36.2 Å². The molecule has 0 radical (unpaired) electrons. The van der Waals surface area contributed by atoms with Gasteiger partial charge < -0.3 is 10.4 Å². The number of rotatable bonds is 4. The van der Waals surface area contributed by atoms with Gasteiger partial charge in [0.1, 0.15) is 6.10 Å². The van der Waals surface area contributed by atoms with Crippen molar-refractivity contribution in [2.24, 2.45) is 0 Å². The lowest BCUT2D eigenvalue weighted by Gasteiger charge is -2.19. The molecule has 8 heteroatoms. The van der Waals surface area contributed by atoms with Gasteiger partial charge in [0, 0.05) is 36.9 Å². The van der Waals surface area contributed by atoms with Crippen LogP contribution in [0, 0.1) is 6.92 Å². The average molecular weight is 363 g/mol. The monoisotopic (exact) mass is 363 g/mol. The number of nitrogens with zero attached hydrogens (tertiary/aromatic N) is 2. The van der Waals surface area contributed by atoms with Gasteiger partial charge in [-0.3, -0.25) is 9.78 Å². The molecule has 2 heterocycles. The molecule has 2 N–H and O–H groups in total. The van der Waals surface area contributed by atoms with E-state index in [0.717, 1.165) is 10.9 Å². The summed E-state index contributed by atoms with van der Waals surface area (Å²) in [5.74, 6) is -0.491. The van der Waals surface area contributed by atoms with Gasteiger partial charge in [0.05, 0.1) is 4.90 Å². The molecule has 2 aromatic rings. The zero-order valence-electron chi connectivity index (χ0n) is 14.1. The van der Waals surface area contributed by atoms with Gasteiger partial charge in [0.15, 0.2) is 0 Å². The molecule has 7 nitrogen and oxygen atoms in total. The average Bonchev–Trinajstić information content (AvgIpc) is 3.04. The van der Waals surface area contributed by atoms with Gasteiger partial charge in [-0.2, -0.15) is 4.31 Å². The quantitative estimate of drug-likeness (QED) is 0.837. The molecule has 0 aliphatic carbocycles. The standard InChI is InChI=1S/C17H21N3O4S/c1-11-8-18-9-15-14(11)4-3-5-16(15)25(23,24)20-7-6-13(10-20)19-17(22)12(2)21/h3-5,8-9,12-13,21H,6-7,10H2,1-2H3,(H,19,22)/t12-,13+/m0/s1. The smallest absolute Gasteiger partial charge is 0.248 e. The molecule has 134 valence electrons. The van der Waals surface area contributed by atoms with Crippen molar-refractivity contribution in [1.82, 2.24) is 14.6 Å². The number of carbonyl (C=O) groups is 1. The van der Waals surface area contributed by atoms with Crippen molar-refractivity contribution in [3.8, 4) is 0 Å². The summed E-state index contributed by atoms with van der Waals surface area (Å²) in [7, 11) is -3.69. The van der Waals surface area contributed by atoms with Gasteiger partial charge >= 0.3 is 0 Å². The Morgan fingerprint density at radius 2 is 2.12 bits per heavy atom. The number of hydrogen-bond acceptors (Lipinski definition) is 5. The van der Waals surface area contributed by atoms with Gasteiger partial charge in [-0.25, -0.2) is 8.42 Å². The van der Waals surface area contributed by atoms with Crippen molar-refractivity contribution in [2.75, 3.05) is 13.1 Å². The first-order chi connectivity index (χ1) is 11.8. The highest BCUT2D eigenvalue weighted by Crippen LogP contribution is 2.28. The van der Waals surface area contributed by atoms with E-state index < -0.39 is 22.0 Å². The van der Waals surface area contributed by atoms with Crippen LogP contribution >= 0.6 is 0 Å². The number of sulfonamides is 1. The summed E-state index contributed by atoms with van der Waals surface area (Å²) in [5.41, 5.74) is 0.915. The Hall–Kier alpha value is -2.03. The van der Waals surface area contributed by atoms with Gasteiger partial charge in [-0.1, -0.05) is 12.1 Å². The van der Waals surface area contributed by atoms with E-state index in [0.29, 0.717) is 18.4 Å². The van der Waals surface area contributed by atoms with Crippen LogP contribution < -0.4 is 5.32 Å². The highest BCUT2D eigenvalue weighted by Gasteiger charge is 2.34. The van der Waals surface area contributed by atoms with Crippen molar-refractivity contribution in [3.63, 3.8) is 0 Å².